The highest BCUT2D eigenvalue weighted by Gasteiger charge is 2.24. The van der Waals surface area contributed by atoms with Crippen molar-refractivity contribution in [1.29, 1.82) is 0 Å². The summed E-state index contributed by atoms with van der Waals surface area (Å²) in [6.07, 6.45) is 1.59. The number of nitrogens with zero attached hydrogens (tertiary/aromatic N) is 1. The number of benzene rings is 5. The summed E-state index contributed by atoms with van der Waals surface area (Å²) in [5.74, 6) is 0.183. The van der Waals surface area contributed by atoms with Gasteiger partial charge in [0.25, 0.3) is 11.8 Å². The Morgan fingerprint density at radius 2 is 1.49 bits per heavy atom. The maximum absolute atomic E-state index is 13.8. The predicted octanol–water partition coefficient (Wildman–Crippen LogP) is 9.10. The maximum atomic E-state index is 13.8. The molecule has 53 heavy (non-hydrogen) atoms. The minimum Gasteiger partial charge on any atom is -0.497 e. The molecule has 6 rings (SSSR count). The minimum absolute atomic E-state index is 0.0441. The quantitative estimate of drug-likeness (QED) is 0.0753. The summed E-state index contributed by atoms with van der Waals surface area (Å²) < 4.78 is 11.0. The van der Waals surface area contributed by atoms with Crippen LogP contribution < -0.4 is 25.4 Å². The summed E-state index contributed by atoms with van der Waals surface area (Å²) in [6.45, 7) is 2.32. The molecular formula is C42H36N4O5S2. The molecule has 0 spiro atoms. The van der Waals surface area contributed by atoms with Crippen molar-refractivity contribution in [2.45, 2.75) is 17.1 Å². The number of nitrogens with one attached hydrogen (secondary N) is 3. The topological polar surface area (TPSA) is 119 Å². The average molecular weight is 741 g/mol. The van der Waals surface area contributed by atoms with Crippen molar-refractivity contribution in [2.24, 2.45) is 0 Å². The summed E-state index contributed by atoms with van der Waals surface area (Å²) in [5, 5.41) is 10.5. The molecule has 0 bridgehead atoms. The zero-order chi connectivity index (χ0) is 37.0. The molecule has 0 radical (unpaired) electrons. The average Bonchev–Trinajstić information content (AvgIpc) is 3.67. The number of thioether (sulfide) groups is 1. The third-order valence-electron chi connectivity index (χ3n) is 7.87. The van der Waals surface area contributed by atoms with Gasteiger partial charge in [-0.25, -0.2) is 4.98 Å². The molecule has 1 heterocycles. The number of anilines is 2. The molecule has 0 aliphatic heterocycles. The molecule has 1 unspecified atom stereocenters. The smallest absolute Gasteiger partial charge is 0.272 e. The lowest BCUT2D eigenvalue weighted by Gasteiger charge is -2.17. The molecule has 6 aromatic rings. The molecule has 0 saturated carbocycles. The molecule has 0 aliphatic carbocycles. The van der Waals surface area contributed by atoms with Crippen LogP contribution in [0, 0.1) is 0 Å². The van der Waals surface area contributed by atoms with Gasteiger partial charge in [0, 0.05) is 32.7 Å². The van der Waals surface area contributed by atoms with Gasteiger partial charge in [-0.1, -0.05) is 66.7 Å². The van der Waals surface area contributed by atoms with Crippen LogP contribution in [0.4, 0.5) is 10.8 Å². The monoisotopic (exact) mass is 740 g/mol. The van der Waals surface area contributed by atoms with Gasteiger partial charge in [-0.05, 0) is 85.3 Å². The number of para-hydroxylation sites is 1. The first kappa shape index (κ1) is 36.6. The molecule has 5 aromatic carbocycles. The predicted molar refractivity (Wildman–Crippen MR) is 212 cm³/mol. The van der Waals surface area contributed by atoms with E-state index in [1.54, 1.807) is 55.7 Å². The van der Waals surface area contributed by atoms with E-state index in [1.165, 1.54) is 23.1 Å². The molecule has 0 aliphatic rings. The second kappa shape index (κ2) is 17.9. The van der Waals surface area contributed by atoms with E-state index in [2.05, 4.69) is 20.9 Å². The third-order valence-corrected chi connectivity index (χ3v) is 9.90. The number of carbonyl (C=O) groups is 3. The SMILES string of the molecule is CCOc1ccccc1/C=C(\NC(=O)c1ccccc1)C(=O)Nc1ccc(SC(C(=O)Nc2nc(-c3ccc(OC)cc3)cs2)c2ccccc2)cc1. The highest BCUT2D eigenvalue weighted by molar-refractivity contribution is 8.00. The first-order valence-corrected chi connectivity index (χ1v) is 18.5. The minimum atomic E-state index is -0.585. The van der Waals surface area contributed by atoms with Crippen molar-refractivity contribution in [3.05, 3.63) is 161 Å². The standard InChI is InChI=1S/C42H36N4O5S2/c1-3-51-37-17-11-10-16-31(37)26-35(44-39(47)30-14-8-5-9-15-30)40(48)43-32-20-24-34(25-21-32)53-38(29-12-6-4-7-13-29)41(49)46-42-45-36(27-52-42)28-18-22-33(50-2)23-19-28/h4-27,38H,3H2,1-2H3,(H,43,48)(H,44,47)(H,45,46,49)/b35-26-. The van der Waals surface area contributed by atoms with E-state index in [0.717, 1.165) is 27.5 Å². The Balaban J connectivity index is 1.18. The van der Waals surface area contributed by atoms with Crippen LogP contribution in [0.15, 0.2) is 149 Å². The summed E-state index contributed by atoms with van der Waals surface area (Å²) >= 11 is 2.74. The van der Waals surface area contributed by atoms with Gasteiger partial charge in [0.05, 0.1) is 19.4 Å². The van der Waals surface area contributed by atoms with Gasteiger partial charge in [-0.2, -0.15) is 0 Å². The fraction of sp³-hybridized carbons (Fsp3) is 0.0952. The molecule has 266 valence electrons. The lowest BCUT2D eigenvalue weighted by molar-refractivity contribution is -0.116. The largest absolute Gasteiger partial charge is 0.497 e. The molecule has 3 N–H and O–H groups in total. The van der Waals surface area contributed by atoms with E-state index in [4.69, 9.17) is 9.47 Å². The van der Waals surface area contributed by atoms with E-state index in [9.17, 15) is 14.4 Å². The third kappa shape index (κ3) is 9.79. The van der Waals surface area contributed by atoms with Gasteiger partial charge < -0.3 is 25.4 Å². The van der Waals surface area contributed by atoms with Crippen molar-refractivity contribution in [3.8, 4) is 22.8 Å². The zero-order valence-corrected chi connectivity index (χ0v) is 30.6. The Labute approximate surface area is 316 Å². The molecule has 3 amide bonds. The Morgan fingerprint density at radius 1 is 0.811 bits per heavy atom. The van der Waals surface area contributed by atoms with Gasteiger partial charge in [-0.15, -0.1) is 23.1 Å². The van der Waals surface area contributed by atoms with Gasteiger partial charge in [0.1, 0.15) is 22.4 Å². The van der Waals surface area contributed by atoms with E-state index in [1.807, 2.05) is 103 Å². The Bertz CT molecular complexity index is 2190. The van der Waals surface area contributed by atoms with E-state index in [0.29, 0.717) is 34.3 Å². The van der Waals surface area contributed by atoms with Crippen molar-refractivity contribution < 1.29 is 23.9 Å². The molecule has 11 heteroatoms. The van der Waals surface area contributed by atoms with E-state index in [-0.39, 0.29) is 11.6 Å². The first-order chi connectivity index (χ1) is 25.9. The van der Waals surface area contributed by atoms with Crippen molar-refractivity contribution in [2.75, 3.05) is 24.4 Å². The molecule has 9 nitrogen and oxygen atoms in total. The van der Waals surface area contributed by atoms with Gasteiger partial charge in [0.2, 0.25) is 5.91 Å². The number of aromatic nitrogens is 1. The lowest BCUT2D eigenvalue weighted by atomic mass is 10.1. The highest BCUT2D eigenvalue weighted by atomic mass is 32.2. The van der Waals surface area contributed by atoms with Gasteiger partial charge in [-0.3, -0.25) is 14.4 Å². The summed E-state index contributed by atoms with van der Waals surface area (Å²) in [5.41, 5.74) is 4.10. The number of carbonyl (C=O) groups excluding carboxylic acids is 3. The number of hydrogen-bond donors (Lipinski definition) is 3. The van der Waals surface area contributed by atoms with Crippen molar-refractivity contribution in [1.82, 2.24) is 10.3 Å². The van der Waals surface area contributed by atoms with Crippen LogP contribution in [-0.2, 0) is 9.59 Å². The number of rotatable bonds is 14. The van der Waals surface area contributed by atoms with Crippen LogP contribution in [-0.4, -0.2) is 36.4 Å². The summed E-state index contributed by atoms with van der Waals surface area (Å²) in [7, 11) is 1.62. The van der Waals surface area contributed by atoms with Crippen molar-refractivity contribution >= 4 is 57.7 Å². The van der Waals surface area contributed by atoms with Crippen LogP contribution in [0.2, 0.25) is 0 Å². The van der Waals surface area contributed by atoms with Gasteiger partial charge >= 0.3 is 0 Å². The molecular weight excluding hydrogens is 705 g/mol. The van der Waals surface area contributed by atoms with Gasteiger partial charge in [0.15, 0.2) is 5.13 Å². The first-order valence-electron chi connectivity index (χ1n) is 16.7. The zero-order valence-electron chi connectivity index (χ0n) is 28.9. The number of ether oxygens (including phenoxy) is 2. The second-order valence-corrected chi connectivity index (χ2v) is 13.5. The van der Waals surface area contributed by atoms with Crippen LogP contribution >= 0.6 is 23.1 Å². The Kier molecular flexibility index (Phi) is 12.3. The van der Waals surface area contributed by atoms with E-state index < -0.39 is 17.1 Å². The van der Waals surface area contributed by atoms with Crippen LogP contribution in [0.3, 0.4) is 0 Å². The molecule has 1 aromatic heterocycles. The fourth-order valence-corrected chi connectivity index (χ4v) is 6.98. The summed E-state index contributed by atoms with van der Waals surface area (Å²) in [4.78, 5) is 46.0. The second-order valence-electron chi connectivity index (χ2n) is 11.5. The van der Waals surface area contributed by atoms with Crippen LogP contribution in [0.25, 0.3) is 17.3 Å². The Hall–Kier alpha value is -6.17. The maximum Gasteiger partial charge on any atom is 0.272 e. The lowest BCUT2D eigenvalue weighted by Crippen LogP contribution is -2.30. The molecule has 0 fully saturated rings. The normalized spacial score (nSPS) is 11.6. The molecule has 0 saturated heterocycles. The number of thiazole rings is 1. The highest BCUT2D eigenvalue weighted by Crippen LogP contribution is 2.37. The number of hydrogen-bond acceptors (Lipinski definition) is 8. The number of methoxy groups -OCH3 is 1. The fourth-order valence-electron chi connectivity index (χ4n) is 5.23. The number of amides is 3. The molecule has 1 atom stereocenters. The summed E-state index contributed by atoms with van der Waals surface area (Å²) in [6, 6.07) is 40.3. The van der Waals surface area contributed by atoms with Crippen LogP contribution in [0.5, 0.6) is 11.5 Å². The van der Waals surface area contributed by atoms with E-state index >= 15 is 0 Å². The van der Waals surface area contributed by atoms with Crippen molar-refractivity contribution in [3.63, 3.8) is 0 Å². The Morgan fingerprint density at radius 3 is 2.19 bits per heavy atom. The van der Waals surface area contributed by atoms with Crippen LogP contribution in [0.1, 0.15) is 33.7 Å².